The summed E-state index contributed by atoms with van der Waals surface area (Å²) in [6.07, 6.45) is 8.72. The number of aryl methyl sites for hydroxylation is 1. The number of fused-ring (bicyclic) bond motifs is 1. The first kappa shape index (κ1) is 8.05. The summed E-state index contributed by atoms with van der Waals surface area (Å²) in [5.74, 6) is 0. The van der Waals surface area contributed by atoms with Gasteiger partial charge in [-0.3, -0.25) is 4.79 Å². The summed E-state index contributed by atoms with van der Waals surface area (Å²) in [5, 5.41) is 1.70. The lowest BCUT2D eigenvalue weighted by atomic mass is 10.2. The van der Waals surface area contributed by atoms with Crippen molar-refractivity contribution >= 4 is 12.2 Å². The smallest absolute Gasteiger partial charge is 0.189 e. The molecule has 1 heterocycles. The maximum Gasteiger partial charge on any atom is 0.189 e. The minimum Gasteiger partial charge on any atom is -0.359 e. The normalized spacial score (nSPS) is 13.9. The van der Waals surface area contributed by atoms with Crippen LogP contribution < -0.4 is 16.0 Å². The number of H-pyrrole nitrogens is 1. The summed E-state index contributed by atoms with van der Waals surface area (Å²) >= 11 is 0. The van der Waals surface area contributed by atoms with Crippen molar-refractivity contribution in [1.82, 2.24) is 4.98 Å². The zero-order valence-corrected chi connectivity index (χ0v) is 7.50. The summed E-state index contributed by atoms with van der Waals surface area (Å²) in [6.45, 7) is 1.90. The Morgan fingerprint density at radius 3 is 3.15 bits per heavy atom. The maximum atomic E-state index is 11.5. The zero-order chi connectivity index (χ0) is 9.26. The molecule has 1 aromatic heterocycles. The van der Waals surface area contributed by atoms with Crippen LogP contribution in [0.1, 0.15) is 12.1 Å². The maximum absolute atomic E-state index is 11.5. The summed E-state index contributed by atoms with van der Waals surface area (Å²) in [7, 11) is 0. The van der Waals surface area contributed by atoms with E-state index >= 15 is 0 Å². The molecule has 0 saturated carbocycles. The standard InChI is InChI=1S/C11H11NO/c1-8-7-11(13)9-5-3-2-4-6-10(9)12-8/h2-3,5-7,12H,4H2,1H3. The van der Waals surface area contributed by atoms with Crippen LogP contribution in [0.4, 0.5) is 0 Å². The van der Waals surface area contributed by atoms with Crippen molar-refractivity contribution in [3.63, 3.8) is 0 Å². The van der Waals surface area contributed by atoms with E-state index in [-0.39, 0.29) is 5.43 Å². The molecule has 0 atom stereocenters. The quantitative estimate of drug-likeness (QED) is 0.597. The lowest BCUT2D eigenvalue weighted by molar-refractivity contribution is 1.11. The molecule has 0 radical (unpaired) electrons. The van der Waals surface area contributed by atoms with Gasteiger partial charge < -0.3 is 4.98 Å². The fraction of sp³-hybridized carbons (Fsp3) is 0.182. The van der Waals surface area contributed by atoms with Gasteiger partial charge in [0.2, 0.25) is 0 Å². The molecule has 2 rings (SSSR count). The number of aromatic amines is 1. The van der Waals surface area contributed by atoms with E-state index in [1.54, 1.807) is 6.07 Å². The summed E-state index contributed by atoms with van der Waals surface area (Å²) in [4.78, 5) is 14.7. The van der Waals surface area contributed by atoms with Crippen LogP contribution in [0.25, 0.3) is 12.2 Å². The first-order chi connectivity index (χ1) is 6.27. The monoisotopic (exact) mass is 173 g/mol. The highest BCUT2D eigenvalue weighted by Gasteiger charge is 1.94. The van der Waals surface area contributed by atoms with E-state index in [0.29, 0.717) is 0 Å². The molecule has 1 aromatic rings. The molecule has 0 aliphatic heterocycles. The molecule has 0 saturated heterocycles. The first-order valence-corrected chi connectivity index (χ1v) is 4.34. The van der Waals surface area contributed by atoms with Crippen molar-refractivity contribution in [2.45, 2.75) is 13.3 Å². The Labute approximate surface area is 75.9 Å². The van der Waals surface area contributed by atoms with Crippen LogP contribution in [0.2, 0.25) is 0 Å². The lowest BCUT2D eigenvalue weighted by Gasteiger charge is -1.93. The Hall–Kier alpha value is -1.57. The van der Waals surface area contributed by atoms with Gasteiger partial charge in [-0.05, 0) is 19.4 Å². The largest absolute Gasteiger partial charge is 0.359 e. The van der Waals surface area contributed by atoms with Gasteiger partial charge in [-0.2, -0.15) is 0 Å². The molecular weight excluding hydrogens is 162 g/mol. The lowest BCUT2D eigenvalue weighted by Crippen LogP contribution is -2.40. The number of aromatic nitrogens is 1. The summed E-state index contributed by atoms with van der Waals surface area (Å²) in [5.41, 5.74) is 1.00. The zero-order valence-electron chi connectivity index (χ0n) is 7.50. The van der Waals surface area contributed by atoms with Crippen molar-refractivity contribution in [1.29, 1.82) is 0 Å². The third-order valence-electron chi connectivity index (χ3n) is 2.09. The Morgan fingerprint density at radius 2 is 2.31 bits per heavy atom. The average Bonchev–Trinajstić information content (AvgIpc) is 2.28. The number of hydrogen-bond acceptors (Lipinski definition) is 1. The third kappa shape index (κ3) is 1.47. The molecule has 0 amide bonds. The molecule has 0 aromatic carbocycles. The topological polar surface area (TPSA) is 32.9 Å². The first-order valence-electron chi connectivity index (χ1n) is 4.34. The van der Waals surface area contributed by atoms with Crippen LogP contribution in [0.5, 0.6) is 0 Å². The van der Waals surface area contributed by atoms with E-state index in [4.69, 9.17) is 0 Å². The van der Waals surface area contributed by atoms with Gasteiger partial charge in [0.25, 0.3) is 0 Å². The summed E-state index contributed by atoms with van der Waals surface area (Å²) in [6, 6.07) is 1.63. The van der Waals surface area contributed by atoms with Crippen molar-refractivity contribution in [2.75, 3.05) is 0 Å². The molecule has 2 nitrogen and oxygen atoms in total. The van der Waals surface area contributed by atoms with Gasteiger partial charge in [-0.15, -0.1) is 0 Å². The van der Waals surface area contributed by atoms with E-state index < -0.39 is 0 Å². The Bertz CT molecular complexity index is 520. The van der Waals surface area contributed by atoms with E-state index in [1.165, 1.54) is 0 Å². The predicted molar refractivity (Wildman–Crippen MR) is 53.7 cm³/mol. The number of allylic oxidation sites excluding steroid dienone is 2. The number of hydrogen-bond donors (Lipinski definition) is 1. The highest BCUT2D eigenvalue weighted by atomic mass is 16.1. The molecule has 1 N–H and O–H groups in total. The fourth-order valence-corrected chi connectivity index (χ4v) is 1.48. The van der Waals surface area contributed by atoms with Gasteiger partial charge in [0.05, 0.1) is 0 Å². The molecule has 13 heavy (non-hydrogen) atoms. The Balaban J connectivity index is 2.95. The van der Waals surface area contributed by atoms with Crippen LogP contribution in [-0.2, 0) is 0 Å². The molecule has 0 fully saturated rings. The molecule has 1 aliphatic rings. The molecule has 0 bridgehead atoms. The second-order valence-corrected chi connectivity index (χ2v) is 3.18. The van der Waals surface area contributed by atoms with E-state index in [9.17, 15) is 4.79 Å². The minimum atomic E-state index is 0.0917. The van der Waals surface area contributed by atoms with Crippen LogP contribution in [0.15, 0.2) is 23.0 Å². The van der Waals surface area contributed by atoms with Gasteiger partial charge >= 0.3 is 0 Å². The molecular formula is C11H11NO. The van der Waals surface area contributed by atoms with Crippen LogP contribution >= 0.6 is 0 Å². The highest BCUT2D eigenvalue weighted by Crippen LogP contribution is 1.87. The van der Waals surface area contributed by atoms with Gasteiger partial charge in [-0.25, -0.2) is 0 Å². The molecule has 1 aliphatic carbocycles. The number of pyridine rings is 1. The van der Waals surface area contributed by atoms with E-state index in [0.717, 1.165) is 22.7 Å². The third-order valence-corrected chi connectivity index (χ3v) is 2.09. The Kier molecular flexibility index (Phi) is 1.89. The highest BCUT2D eigenvalue weighted by molar-refractivity contribution is 5.42. The van der Waals surface area contributed by atoms with Crippen molar-refractivity contribution in [2.24, 2.45) is 0 Å². The van der Waals surface area contributed by atoms with Gasteiger partial charge in [0, 0.05) is 22.3 Å². The van der Waals surface area contributed by atoms with Crippen LogP contribution in [-0.4, -0.2) is 4.98 Å². The SMILES string of the molecule is Cc1cc(=O)c2c([nH]1)=CCC=CC=2. The van der Waals surface area contributed by atoms with Crippen molar-refractivity contribution < 1.29 is 0 Å². The molecule has 66 valence electrons. The summed E-state index contributed by atoms with van der Waals surface area (Å²) < 4.78 is 0. The molecule has 0 spiro atoms. The van der Waals surface area contributed by atoms with Crippen LogP contribution in [0, 0.1) is 6.92 Å². The van der Waals surface area contributed by atoms with Gasteiger partial charge in [0.1, 0.15) is 0 Å². The van der Waals surface area contributed by atoms with Gasteiger partial charge in [-0.1, -0.05) is 18.2 Å². The fourth-order valence-electron chi connectivity index (χ4n) is 1.48. The van der Waals surface area contributed by atoms with Crippen LogP contribution in [0.3, 0.4) is 0 Å². The van der Waals surface area contributed by atoms with Crippen molar-refractivity contribution in [3.05, 3.63) is 44.7 Å². The second-order valence-electron chi connectivity index (χ2n) is 3.18. The number of rotatable bonds is 0. The number of nitrogens with one attached hydrogen (secondary N) is 1. The average molecular weight is 173 g/mol. The minimum absolute atomic E-state index is 0.0917. The van der Waals surface area contributed by atoms with Gasteiger partial charge in [0.15, 0.2) is 5.43 Å². The predicted octanol–water partition coefficient (Wildman–Crippen LogP) is 0.204. The van der Waals surface area contributed by atoms with Crippen molar-refractivity contribution in [3.8, 4) is 0 Å². The second kappa shape index (κ2) is 3.05. The van der Waals surface area contributed by atoms with E-state index in [1.807, 2.05) is 31.2 Å². The molecule has 2 heteroatoms. The Morgan fingerprint density at radius 1 is 1.46 bits per heavy atom. The molecule has 0 unspecified atom stereocenters. The van der Waals surface area contributed by atoms with E-state index in [2.05, 4.69) is 4.98 Å².